The normalized spacial score (nSPS) is 12.3. The Bertz CT molecular complexity index is 1110. The molecule has 0 radical (unpaired) electrons. The molecule has 0 saturated heterocycles. The van der Waals surface area contributed by atoms with E-state index in [1.54, 1.807) is 12.1 Å². The van der Waals surface area contributed by atoms with E-state index in [2.05, 4.69) is 59.9 Å². The Kier molecular flexibility index (Phi) is 9.66. The van der Waals surface area contributed by atoms with E-state index in [9.17, 15) is 8.42 Å². The van der Waals surface area contributed by atoms with Crippen molar-refractivity contribution in [1.29, 1.82) is 0 Å². The number of fused-ring (bicyclic) bond motifs is 2. The van der Waals surface area contributed by atoms with Gasteiger partial charge in [-0.3, -0.25) is 4.55 Å². The molecule has 0 bridgehead atoms. The highest BCUT2D eigenvalue weighted by Gasteiger charge is 2.16. The van der Waals surface area contributed by atoms with Crippen LogP contribution in [0.4, 0.5) is 0 Å². The third-order valence-corrected chi connectivity index (χ3v) is 6.21. The van der Waals surface area contributed by atoms with Gasteiger partial charge in [0.1, 0.15) is 0 Å². The maximum Gasteiger partial charge on any atom is 0.294 e. The second kappa shape index (κ2) is 12.0. The van der Waals surface area contributed by atoms with E-state index in [4.69, 9.17) is 4.55 Å². The van der Waals surface area contributed by atoms with Crippen molar-refractivity contribution in [3.05, 3.63) is 107 Å². The molecule has 3 aromatic rings. The number of rotatable bonds is 4. The molecule has 170 valence electrons. The number of nitrogens with one attached hydrogen (secondary N) is 1. The Hall–Kier alpha value is -2.44. The van der Waals surface area contributed by atoms with Crippen LogP contribution in [0.3, 0.4) is 0 Å². The number of benzene rings is 3. The van der Waals surface area contributed by atoms with Gasteiger partial charge in [0, 0.05) is 0 Å². The van der Waals surface area contributed by atoms with Gasteiger partial charge in [0.25, 0.3) is 10.1 Å². The molecular formula is C26H30ClNO3S. The van der Waals surface area contributed by atoms with Gasteiger partial charge in [0.2, 0.25) is 0 Å². The molecule has 0 fully saturated rings. The lowest BCUT2D eigenvalue weighted by Gasteiger charge is -2.12. The highest BCUT2D eigenvalue weighted by Crippen LogP contribution is 2.33. The van der Waals surface area contributed by atoms with Crippen molar-refractivity contribution >= 4 is 28.1 Å². The van der Waals surface area contributed by atoms with Gasteiger partial charge in [0.05, 0.1) is 4.90 Å². The molecule has 32 heavy (non-hydrogen) atoms. The van der Waals surface area contributed by atoms with Gasteiger partial charge in [-0.05, 0) is 79.7 Å². The quantitative estimate of drug-likeness (QED) is 0.390. The van der Waals surface area contributed by atoms with Crippen LogP contribution in [-0.4, -0.2) is 26.6 Å². The Morgan fingerprint density at radius 2 is 1.38 bits per heavy atom. The average molecular weight is 472 g/mol. The van der Waals surface area contributed by atoms with Crippen molar-refractivity contribution in [3.63, 3.8) is 0 Å². The first kappa shape index (κ1) is 25.8. The summed E-state index contributed by atoms with van der Waals surface area (Å²) in [6, 6.07) is 23.7. The van der Waals surface area contributed by atoms with E-state index in [-0.39, 0.29) is 17.3 Å². The summed E-state index contributed by atoms with van der Waals surface area (Å²) in [5.74, 6) is 0. The van der Waals surface area contributed by atoms with Crippen LogP contribution >= 0.6 is 12.4 Å². The minimum atomic E-state index is -4.02. The zero-order chi connectivity index (χ0) is 22.3. The maximum absolute atomic E-state index is 10.5. The molecule has 6 heteroatoms. The SMILES string of the molecule is CNCCC=C1c2ccccc2CCc2ccccc21.Cc1ccc(S(=O)(=O)O)cc1.Cl. The monoisotopic (exact) mass is 471 g/mol. The molecule has 0 unspecified atom stereocenters. The highest BCUT2D eigenvalue weighted by molar-refractivity contribution is 7.85. The predicted molar refractivity (Wildman–Crippen MR) is 134 cm³/mol. The van der Waals surface area contributed by atoms with Crippen molar-refractivity contribution in [3.8, 4) is 0 Å². The lowest BCUT2D eigenvalue weighted by atomic mass is 9.93. The summed E-state index contributed by atoms with van der Waals surface area (Å²) >= 11 is 0. The van der Waals surface area contributed by atoms with Crippen molar-refractivity contribution in [2.24, 2.45) is 0 Å². The molecule has 3 aromatic carbocycles. The molecule has 0 saturated carbocycles. The second-order valence-electron chi connectivity index (χ2n) is 7.61. The molecule has 0 spiro atoms. The Morgan fingerprint density at radius 3 is 1.84 bits per heavy atom. The lowest BCUT2D eigenvalue weighted by molar-refractivity contribution is 0.483. The van der Waals surface area contributed by atoms with Gasteiger partial charge in [-0.2, -0.15) is 8.42 Å². The summed E-state index contributed by atoms with van der Waals surface area (Å²) in [5, 5.41) is 3.23. The fourth-order valence-electron chi connectivity index (χ4n) is 3.71. The fraction of sp³-hybridized carbons (Fsp3) is 0.231. The molecule has 1 aliphatic carbocycles. The number of aryl methyl sites for hydroxylation is 3. The standard InChI is InChI=1S/C19H21N.C7H8O3S.ClH/c1-20-14-6-11-19-17-9-4-2-7-15(17)12-13-16-8-3-5-10-18(16)19;1-6-2-4-7(5-3-6)11(8,9)10;/h2-5,7-11,20H,6,12-14H2,1H3;2-5H,1H3,(H,8,9,10);1H. The fourth-order valence-corrected chi connectivity index (χ4v) is 4.19. The molecular weight excluding hydrogens is 442 g/mol. The summed E-state index contributed by atoms with van der Waals surface area (Å²) in [5.41, 5.74) is 8.13. The zero-order valence-corrected chi connectivity index (χ0v) is 20.0. The van der Waals surface area contributed by atoms with Gasteiger partial charge in [-0.15, -0.1) is 12.4 Å². The second-order valence-corrected chi connectivity index (χ2v) is 9.03. The van der Waals surface area contributed by atoms with E-state index in [0.29, 0.717) is 0 Å². The first-order valence-electron chi connectivity index (χ1n) is 10.5. The van der Waals surface area contributed by atoms with Crippen LogP contribution in [0.1, 0.15) is 34.2 Å². The van der Waals surface area contributed by atoms with Crippen LogP contribution in [0.15, 0.2) is 83.8 Å². The summed E-state index contributed by atoms with van der Waals surface area (Å²) in [6.45, 7) is 2.86. The minimum Gasteiger partial charge on any atom is -0.319 e. The molecule has 0 aliphatic heterocycles. The first-order valence-corrected chi connectivity index (χ1v) is 11.9. The lowest BCUT2D eigenvalue weighted by Crippen LogP contribution is -2.06. The van der Waals surface area contributed by atoms with E-state index in [0.717, 1.165) is 31.4 Å². The van der Waals surface area contributed by atoms with Gasteiger partial charge < -0.3 is 5.32 Å². The van der Waals surface area contributed by atoms with Gasteiger partial charge >= 0.3 is 0 Å². The molecule has 0 atom stereocenters. The smallest absolute Gasteiger partial charge is 0.294 e. The molecule has 0 heterocycles. The van der Waals surface area contributed by atoms with E-state index in [1.807, 2.05) is 14.0 Å². The van der Waals surface area contributed by atoms with Crippen molar-refractivity contribution in [2.45, 2.75) is 31.1 Å². The van der Waals surface area contributed by atoms with Crippen LogP contribution in [0.25, 0.3) is 5.57 Å². The third kappa shape index (κ3) is 6.78. The van der Waals surface area contributed by atoms with Gasteiger partial charge in [-0.1, -0.05) is 72.3 Å². The molecule has 0 aromatic heterocycles. The Labute approximate surface area is 197 Å². The molecule has 0 amide bonds. The summed E-state index contributed by atoms with van der Waals surface area (Å²) < 4.78 is 29.6. The van der Waals surface area contributed by atoms with Crippen LogP contribution in [0.2, 0.25) is 0 Å². The first-order chi connectivity index (χ1) is 14.9. The number of hydrogen-bond donors (Lipinski definition) is 2. The van der Waals surface area contributed by atoms with Crippen LogP contribution < -0.4 is 5.32 Å². The summed E-state index contributed by atoms with van der Waals surface area (Å²) in [7, 11) is -2.01. The van der Waals surface area contributed by atoms with E-state index >= 15 is 0 Å². The van der Waals surface area contributed by atoms with Crippen LogP contribution in [0, 0.1) is 6.92 Å². The minimum absolute atomic E-state index is 0. The largest absolute Gasteiger partial charge is 0.319 e. The zero-order valence-electron chi connectivity index (χ0n) is 18.4. The van der Waals surface area contributed by atoms with Crippen LogP contribution in [0.5, 0.6) is 0 Å². The van der Waals surface area contributed by atoms with E-state index < -0.39 is 10.1 Å². The van der Waals surface area contributed by atoms with E-state index in [1.165, 1.54) is 40.0 Å². The molecule has 4 nitrogen and oxygen atoms in total. The Morgan fingerprint density at radius 1 is 0.875 bits per heavy atom. The topological polar surface area (TPSA) is 66.4 Å². The molecule has 2 N–H and O–H groups in total. The summed E-state index contributed by atoms with van der Waals surface area (Å²) in [6.07, 6.45) is 5.72. The Balaban J connectivity index is 0.000000259. The van der Waals surface area contributed by atoms with Crippen LogP contribution in [-0.2, 0) is 23.0 Å². The molecule has 1 aliphatic rings. The third-order valence-electron chi connectivity index (χ3n) is 5.34. The predicted octanol–water partition coefficient (Wildman–Crippen LogP) is 5.49. The van der Waals surface area contributed by atoms with Crippen molar-refractivity contribution in [2.75, 3.05) is 13.6 Å². The van der Waals surface area contributed by atoms with Crippen molar-refractivity contribution in [1.82, 2.24) is 5.32 Å². The van der Waals surface area contributed by atoms with Crippen molar-refractivity contribution < 1.29 is 13.0 Å². The summed E-state index contributed by atoms with van der Waals surface area (Å²) in [4.78, 5) is -0.0666. The van der Waals surface area contributed by atoms with Gasteiger partial charge in [-0.25, -0.2) is 0 Å². The van der Waals surface area contributed by atoms with Gasteiger partial charge in [0.15, 0.2) is 0 Å². The number of hydrogen-bond acceptors (Lipinski definition) is 3. The molecule has 4 rings (SSSR count). The highest BCUT2D eigenvalue weighted by atomic mass is 35.5. The maximum atomic E-state index is 10.5. The number of halogens is 1. The average Bonchev–Trinajstić information content (AvgIpc) is 2.91.